The van der Waals surface area contributed by atoms with Gasteiger partial charge in [0.2, 0.25) is 0 Å². The van der Waals surface area contributed by atoms with Crippen LogP contribution in [-0.2, 0) is 6.42 Å². The van der Waals surface area contributed by atoms with Gasteiger partial charge in [-0.15, -0.1) is 0 Å². The molecule has 0 bridgehead atoms. The Morgan fingerprint density at radius 1 is 1.09 bits per heavy atom. The predicted octanol–water partition coefficient (Wildman–Crippen LogP) is 4.00. The van der Waals surface area contributed by atoms with E-state index < -0.39 is 4.92 Å². The number of nitro groups is 1. The van der Waals surface area contributed by atoms with Crippen LogP contribution in [0.5, 0.6) is 0 Å². The Hall–Kier alpha value is -2.54. The van der Waals surface area contributed by atoms with Crippen molar-refractivity contribution in [3.63, 3.8) is 0 Å². The Labute approximate surface area is 134 Å². The SMILES string of the molecule is O=[N+]([O-])c1ccc(Cc2noc(-c3ccc(Br)cc3)n2)cc1. The highest BCUT2D eigenvalue weighted by Crippen LogP contribution is 2.21. The van der Waals surface area contributed by atoms with E-state index in [2.05, 4.69) is 26.1 Å². The molecule has 0 N–H and O–H groups in total. The zero-order chi connectivity index (χ0) is 15.5. The Balaban J connectivity index is 1.76. The van der Waals surface area contributed by atoms with Crippen LogP contribution in [0.2, 0.25) is 0 Å². The van der Waals surface area contributed by atoms with Gasteiger partial charge in [-0.2, -0.15) is 4.98 Å². The number of non-ortho nitro benzene ring substituents is 1. The molecule has 1 heterocycles. The van der Waals surface area contributed by atoms with Crippen LogP contribution in [0, 0.1) is 10.1 Å². The van der Waals surface area contributed by atoms with E-state index >= 15 is 0 Å². The maximum absolute atomic E-state index is 10.6. The molecule has 1 aromatic heterocycles. The second-order valence-electron chi connectivity index (χ2n) is 4.62. The van der Waals surface area contributed by atoms with Gasteiger partial charge in [0, 0.05) is 28.6 Å². The number of halogens is 1. The number of benzene rings is 2. The molecule has 0 unspecified atom stereocenters. The summed E-state index contributed by atoms with van der Waals surface area (Å²) in [6, 6.07) is 13.9. The summed E-state index contributed by atoms with van der Waals surface area (Å²) in [7, 11) is 0. The largest absolute Gasteiger partial charge is 0.334 e. The van der Waals surface area contributed by atoms with Crippen molar-refractivity contribution in [1.82, 2.24) is 10.1 Å². The van der Waals surface area contributed by atoms with Crippen LogP contribution in [-0.4, -0.2) is 15.1 Å². The van der Waals surface area contributed by atoms with Crippen LogP contribution in [0.3, 0.4) is 0 Å². The van der Waals surface area contributed by atoms with Crippen molar-refractivity contribution in [3.8, 4) is 11.5 Å². The van der Waals surface area contributed by atoms with Gasteiger partial charge in [0.25, 0.3) is 11.6 Å². The minimum atomic E-state index is -0.427. The number of hydrogen-bond acceptors (Lipinski definition) is 5. The summed E-state index contributed by atoms with van der Waals surface area (Å²) in [6.45, 7) is 0. The molecule has 0 saturated heterocycles. The van der Waals surface area contributed by atoms with Crippen molar-refractivity contribution < 1.29 is 9.45 Å². The van der Waals surface area contributed by atoms with E-state index in [9.17, 15) is 10.1 Å². The number of nitro benzene ring substituents is 1. The van der Waals surface area contributed by atoms with Crippen LogP contribution < -0.4 is 0 Å². The molecule has 110 valence electrons. The maximum atomic E-state index is 10.6. The highest BCUT2D eigenvalue weighted by atomic mass is 79.9. The smallest absolute Gasteiger partial charge is 0.269 e. The van der Waals surface area contributed by atoms with Gasteiger partial charge in [-0.3, -0.25) is 10.1 Å². The lowest BCUT2D eigenvalue weighted by Crippen LogP contribution is -1.92. The fourth-order valence-corrected chi connectivity index (χ4v) is 2.22. The van der Waals surface area contributed by atoms with Gasteiger partial charge in [-0.05, 0) is 29.8 Å². The van der Waals surface area contributed by atoms with Gasteiger partial charge in [0.15, 0.2) is 5.82 Å². The molecule has 0 aliphatic rings. The topological polar surface area (TPSA) is 82.1 Å². The average molecular weight is 360 g/mol. The first-order chi connectivity index (χ1) is 10.6. The zero-order valence-corrected chi connectivity index (χ0v) is 12.9. The summed E-state index contributed by atoms with van der Waals surface area (Å²) in [6.07, 6.45) is 0.456. The minimum Gasteiger partial charge on any atom is -0.334 e. The number of aromatic nitrogens is 2. The van der Waals surface area contributed by atoms with Crippen molar-refractivity contribution in [3.05, 3.63) is 74.5 Å². The molecule has 0 radical (unpaired) electrons. The van der Waals surface area contributed by atoms with Crippen molar-refractivity contribution >= 4 is 21.6 Å². The molecular formula is C15H10BrN3O3. The molecule has 0 aliphatic heterocycles. The third-order valence-electron chi connectivity index (χ3n) is 3.07. The first kappa shape index (κ1) is 14.4. The normalized spacial score (nSPS) is 10.6. The minimum absolute atomic E-state index is 0.0624. The van der Waals surface area contributed by atoms with Gasteiger partial charge >= 0.3 is 0 Å². The zero-order valence-electron chi connectivity index (χ0n) is 11.3. The summed E-state index contributed by atoms with van der Waals surface area (Å²) in [5.41, 5.74) is 1.78. The molecule has 0 fully saturated rings. The van der Waals surface area contributed by atoms with Crippen LogP contribution >= 0.6 is 15.9 Å². The van der Waals surface area contributed by atoms with E-state index in [0.29, 0.717) is 18.1 Å². The monoisotopic (exact) mass is 359 g/mol. The summed E-state index contributed by atoms with van der Waals surface area (Å²) >= 11 is 3.37. The highest BCUT2D eigenvalue weighted by molar-refractivity contribution is 9.10. The van der Waals surface area contributed by atoms with Crippen molar-refractivity contribution in [2.24, 2.45) is 0 Å². The van der Waals surface area contributed by atoms with Crippen molar-refractivity contribution in [2.45, 2.75) is 6.42 Å². The predicted molar refractivity (Wildman–Crippen MR) is 83.3 cm³/mol. The Kier molecular flexibility index (Phi) is 3.97. The van der Waals surface area contributed by atoms with Gasteiger partial charge in [-0.1, -0.05) is 33.2 Å². The lowest BCUT2D eigenvalue weighted by Gasteiger charge is -1.96. The first-order valence-electron chi connectivity index (χ1n) is 6.44. The molecular weight excluding hydrogens is 350 g/mol. The first-order valence-corrected chi connectivity index (χ1v) is 7.23. The van der Waals surface area contributed by atoms with E-state index in [0.717, 1.165) is 15.6 Å². The van der Waals surface area contributed by atoms with Crippen molar-refractivity contribution in [2.75, 3.05) is 0 Å². The van der Waals surface area contributed by atoms with E-state index in [1.54, 1.807) is 12.1 Å². The van der Waals surface area contributed by atoms with Gasteiger partial charge in [0.05, 0.1) is 4.92 Å². The fourth-order valence-electron chi connectivity index (χ4n) is 1.95. The second kappa shape index (κ2) is 6.07. The third kappa shape index (κ3) is 3.20. The van der Waals surface area contributed by atoms with Crippen LogP contribution in [0.1, 0.15) is 11.4 Å². The second-order valence-corrected chi connectivity index (χ2v) is 5.54. The van der Waals surface area contributed by atoms with E-state index in [1.807, 2.05) is 24.3 Å². The summed E-state index contributed by atoms with van der Waals surface area (Å²) in [5, 5.41) is 14.6. The average Bonchev–Trinajstić information content (AvgIpc) is 2.97. The van der Waals surface area contributed by atoms with Gasteiger partial charge in [-0.25, -0.2) is 0 Å². The highest BCUT2D eigenvalue weighted by Gasteiger charge is 2.10. The molecule has 22 heavy (non-hydrogen) atoms. The number of nitrogens with zero attached hydrogens (tertiary/aromatic N) is 3. The molecule has 3 rings (SSSR count). The lowest BCUT2D eigenvalue weighted by molar-refractivity contribution is -0.384. The lowest BCUT2D eigenvalue weighted by atomic mass is 10.1. The quantitative estimate of drug-likeness (QED) is 0.519. The summed E-state index contributed by atoms with van der Waals surface area (Å²) < 4.78 is 6.21. The molecule has 0 spiro atoms. The molecule has 6 nitrogen and oxygen atoms in total. The maximum Gasteiger partial charge on any atom is 0.269 e. The van der Waals surface area contributed by atoms with Gasteiger partial charge in [0.1, 0.15) is 0 Å². The molecule has 7 heteroatoms. The number of hydrogen-bond donors (Lipinski definition) is 0. The summed E-state index contributed by atoms with van der Waals surface area (Å²) in [4.78, 5) is 14.5. The van der Waals surface area contributed by atoms with Crippen LogP contribution in [0.4, 0.5) is 5.69 Å². The molecule has 2 aromatic carbocycles. The van der Waals surface area contributed by atoms with E-state index in [-0.39, 0.29) is 5.69 Å². The third-order valence-corrected chi connectivity index (χ3v) is 3.60. The fraction of sp³-hybridized carbons (Fsp3) is 0.0667. The van der Waals surface area contributed by atoms with Crippen LogP contribution in [0.25, 0.3) is 11.5 Å². The molecule has 0 aliphatic carbocycles. The van der Waals surface area contributed by atoms with Crippen LogP contribution in [0.15, 0.2) is 57.5 Å². The molecule has 0 amide bonds. The van der Waals surface area contributed by atoms with Gasteiger partial charge < -0.3 is 4.52 Å². The van der Waals surface area contributed by atoms with Crippen molar-refractivity contribution in [1.29, 1.82) is 0 Å². The Morgan fingerprint density at radius 3 is 2.41 bits per heavy atom. The molecule has 0 atom stereocenters. The number of rotatable bonds is 4. The van der Waals surface area contributed by atoms with E-state index in [1.165, 1.54) is 12.1 Å². The Morgan fingerprint density at radius 2 is 1.77 bits per heavy atom. The standard InChI is InChI=1S/C15H10BrN3O3/c16-12-5-3-11(4-6-12)15-17-14(18-22-15)9-10-1-7-13(8-2-10)19(20)21/h1-8H,9H2. The summed E-state index contributed by atoms with van der Waals surface area (Å²) in [5.74, 6) is 0.983. The Bertz CT molecular complexity index is 798. The molecule has 3 aromatic rings. The van der Waals surface area contributed by atoms with E-state index in [4.69, 9.17) is 4.52 Å². The molecule has 0 saturated carbocycles.